The van der Waals surface area contributed by atoms with Crippen molar-refractivity contribution in [2.75, 3.05) is 20.7 Å². The highest BCUT2D eigenvalue weighted by Crippen LogP contribution is 2.30. The Morgan fingerprint density at radius 3 is 2.71 bits per heavy atom. The van der Waals surface area contributed by atoms with E-state index in [1.54, 1.807) is 20.2 Å². The molecule has 1 aliphatic carbocycles. The van der Waals surface area contributed by atoms with E-state index in [1.807, 2.05) is 0 Å². The van der Waals surface area contributed by atoms with Crippen LogP contribution in [-0.2, 0) is 0 Å². The Morgan fingerprint density at radius 1 is 1.41 bits per heavy atom. The molecule has 0 aromatic heterocycles. The van der Waals surface area contributed by atoms with E-state index in [0.717, 1.165) is 0 Å². The van der Waals surface area contributed by atoms with Crippen LogP contribution in [0.2, 0.25) is 0 Å². The average Bonchev–Trinajstić information content (AvgIpc) is 3.08. The SMILES string of the molecule is CN(C)C(=O)c1cc(O)cc(OCC2CC2)c1. The van der Waals surface area contributed by atoms with Gasteiger partial charge in [0.05, 0.1) is 6.61 Å². The Labute approximate surface area is 101 Å². The Kier molecular flexibility index (Phi) is 3.22. The van der Waals surface area contributed by atoms with E-state index in [0.29, 0.717) is 23.8 Å². The molecule has 0 bridgehead atoms. The smallest absolute Gasteiger partial charge is 0.253 e. The Morgan fingerprint density at radius 2 is 2.12 bits per heavy atom. The monoisotopic (exact) mass is 235 g/mol. The summed E-state index contributed by atoms with van der Waals surface area (Å²) in [7, 11) is 3.36. The number of phenolic OH excluding ortho intramolecular Hbond substituents is 1. The number of hydrogen-bond donors (Lipinski definition) is 1. The molecule has 1 aliphatic rings. The van der Waals surface area contributed by atoms with Crippen LogP contribution in [0, 0.1) is 5.92 Å². The van der Waals surface area contributed by atoms with Gasteiger partial charge in [0.15, 0.2) is 0 Å². The highest BCUT2D eigenvalue weighted by molar-refractivity contribution is 5.94. The van der Waals surface area contributed by atoms with E-state index in [-0.39, 0.29) is 11.7 Å². The lowest BCUT2D eigenvalue weighted by atomic mass is 10.2. The van der Waals surface area contributed by atoms with Gasteiger partial charge in [0.2, 0.25) is 0 Å². The summed E-state index contributed by atoms with van der Waals surface area (Å²) in [5.41, 5.74) is 0.445. The molecule has 4 heteroatoms. The summed E-state index contributed by atoms with van der Waals surface area (Å²) in [6.45, 7) is 0.666. The zero-order chi connectivity index (χ0) is 12.4. The van der Waals surface area contributed by atoms with Crippen LogP contribution in [0.15, 0.2) is 18.2 Å². The minimum Gasteiger partial charge on any atom is -0.508 e. The Bertz CT molecular complexity index is 425. The zero-order valence-electron chi connectivity index (χ0n) is 10.1. The van der Waals surface area contributed by atoms with Crippen LogP contribution in [0.25, 0.3) is 0 Å². The first kappa shape index (κ1) is 11.8. The summed E-state index contributed by atoms with van der Waals surface area (Å²) in [4.78, 5) is 13.2. The number of benzene rings is 1. The average molecular weight is 235 g/mol. The van der Waals surface area contributed by atoms with Gasteiger partial charge in [-0.1, -0.05) is 0 Å². The van der Waals surface area contributed by atoms with Gasteiger partial charge >= 0.3 is 0 Å². The number of amides is 1. The molecule has 2 rings (SSSR count). The lowest BCUT2D eigenvalue weighted by Crippen LogP contribution is -2.21. The van der Waals surface area contributed by atoms with E-state index in [2.05, 4.69) is 0 Å². The molecule has 1 N–H and O–H groups in total. The van der Waals surface area contributed by atoms with Gasteiger partial charge in [0, 0.05) is 25.7 Å². The number of ether oxygens (including phenoxy) is 1. The molecule has 0 unspecified atom stereocenters. The molecule has 4 nitrogen and oxygen atoms in total. The van der Waals surface area contributed by atoms with Crippen LogP contribution in [0.4, 0.5) is 0 Å². The Hall–Kier alpha value is -1.71. The lowest BCUT2D eigenvalue weighted by molar-refractivity contribution is 0.0826. The molecule has 92 valence electrons. The van der Waals surface area contributed by atoms with Gasteiger partial charge in [0.25, 0.3) is 5.91 Å². The van der Waals surface area contributed by atoms with Crippen molar-refractivity contribution in [3.63, 3.8) is 0 Å². The van der Waals surface area contributed by atoms with Gasteiger partial charge < -0.3 is 14.7 Å². The van der Waals surface area contributed by atoms with Crippen LogP contribution in [0.5, 0.6) is 11.5 Å². The highest BCUT2D eigenvalue weighted by atomic mass is 16.5. The predicted molar refractivity (Wildman–Crippen MR) is 64.3 cm³/mol. The molecule has 1 amide bonds. The fourth-order valence-electron chi connectivity index (χ4n) is 1.55. The largest absolute Gasteiger partial charge is 0.508 e. The molecule has 17 heavy (non-hydrogen) atoms. The molecular formula is C13H17NO3. The van der Waals surface area contributed by atoms with Crippen LogP contribution >= 0.6 is 0 Å². The first-order valence-electron chi connectivity index (χ1n) is 5.75. The summed E-state index contributed by atoms with van der Waals surface area (Å²) in [6.07, 6.45) is 2.42. The molecular weight excluding hydrogens is 218 g/mol. The molecule has 1 saturated carbocycles. The molecule has 1 aromatic carbocycles. The van der Waals surface area contributed by atoms with Crippen molar-refractivity contribution in [2.45, 2.75) is 12.8 Å². The number of phenols is 1. The standard InChI is InChI=1S/C13H17NO3/c1-14(2)13(16)10-5-11(15)7-12(6-10)17-8-9-3-4-9/h5-7,9,15H,3-4,8H2,1-2H3. The number of aromatic hydroxyl groups is 1. The third-order valence-corrected chi connectivity index (χ3v) is 2.73. The predicted octanol–water partition coefficient (Wildman–Crippen LogP) is 1.88. The van der Waals surface area contributed by atoms with Gasteiger partial charge in [-0.15, -0.1) is 0 Å². The summed E-state index contributed by atoms with van der Waals surface area (Å²) < 4.78 is 5.55. The van der Waals surface area contributed by atoms with Crippen molar-refractivity contribution in [3.8, 4) is 11.5 Å². The topological polar surface area (TPSA) is 49.8 Å². The molecule has 1 fully saturated rings. The fraction of sp³-hybridized carbons (Fsp3) is 0.462. The van der Waals surface area contributed by atoms with Crippen molar-refractivity contribution in [2.24, 2.45) is 5.92 Å². The first-order valence-corrected chi connectivity index (χ1v) is 5.75. The molecule has 0 aliphatic heterocycles. The van der Waals surface area contributed by atoms with Gasteiger partial charge in [-0.25, -0.2) is 0 Å². The van der Waals surface area contributed by atoms with Crippen LogP contribution in [-0.4, -0.2) is 36.6 Å². The van der Waals surface area contributed by atoms with E-state index >= 15 is 0 Å². The van der Waals surface area contributed by atoms with Crippen molar-refractivity contribution >= 4 is 5.91 Å². The van der Waals surface area contributed by atoms with Crippen LogP contribution in [0.3, 0.4) is 0 Å². The van der Waals surface area contributed by atoms with Crippen molar-refractivity contribution in [3.05, 3.63) is 23.8 Å². The minimum atomic E-state index is -0.142. The maximum atomic E-state index is 11.8. The second kappa shape index (κ2) is 4.65. The maximum Gasteiger partial charge on any atom is 0.253 e. The second-order valence-corrected chi connectivity index (χ2v) is 4.67. The summed E-state index contributed by atoms with van der Waals surface area (Å²) in [6, 6.07) is 4.66. The zero-order valence-corrected chi connectivity index (χ0v) is 10.1. The third kappa shape index (κ3) is 3.12. The quantitative estimate of drug-likeness (QED) is 0.867. The van der Waals surface area contributed by atoms with E-state index < -0.39 is 0 Å². The molecule has 0 heterocycles. The maximum absolute atomic E-state index is 11.8. The normalized spacial score (nSPS) is 14.5. The van der Waals surface area contributed by atoms with Gasteiger partial charge in [-0.05, 0) is 30.9 Å². The second-order valence-electron chi connectivity index (χ2n) is 4.67. The van der Waals surface area contributed by atoms with Gasteiger partial charge in [-0.2, -0.15) is 0 Å². The number of carbonyl (C=O) groups is 1. The summed E-state index contributed by atoms with van der Waals surface area (Å²) in [5, 5.41) is 9.55. The molecule has 0 atom stereocenters. The fourth-order valence-corrected chi connectivity index (χ4v) is 1.55. The molecule has 0 spiro atoms. The van der Waals surface area contributed by atoms with Crippen molar-refractivity contribution in [1.82, 2.24) is 4.90 Å². The first-order chi connectivity index (χ1) is 8.06. The van der Waals surface area contributed by atoms with E-state index in [4.69, 9.17) is 4.74 Å². The van der Waals surface area contributed by atoms with E-state index in [9.17, 15) is 9.90 Å². The van der Waals surface area contributed by atoms with E-state index in [1.165, 1.54) is 29.9 Å². The third-order valence-electron chi connectivity index (χ3n) is 2.73. The minimum absolute atomic E-state index is 0.0588. The number of carbonyl (C=O) groups excluding carboxylic acids is 1. The van der Waals surface area contributed by atoms with Gasteiger partial charge in [-0.3, -0.25) is 4.79 Å². The van der Waals surface area contributed by atoms with Crippen LogP contribution < -0.4 is 4.74 Å². The summed E-state index contributed by atoms with van der Waals surface area (Å²) >= 11 is 0. The molecule has 0 saturated heterocycles. The summed E-state index contributed by atoms with van der Waals surface area (Å²) in [5.74, 6) is 1.12. The number of rotatable bonds is 4. The van der Waals surface area contributed by atoms with Crippen molar-refractivity contribution in [1.29, 1.82) is 0 Å². The Balaban J connectivity index is 2.12. The number of hydrogen-bond acceptors (Lipinski definition) is 3. The lowest BCUT2D eigenvalue weighted by Gasteiger charge is -2.12. The highest BCUT2D eigenvalue weighted by Gasteiger charge is 2.22. The molecule has 1 aromatic rings. The molecule has 0 radical (unpaired) electrons. The van der Waals surface area contributed by atoms with Gasteiger partial charge in [0.1, 0.15) is 11.5 Å². The van der Waals surface area contributed by atoms with Crippen molar-refractivity contribution < 1.29 is 14.6 Å². The number of nitrogens with zero attached hydrogens (tertiary/aromatic N) is 1. The van der Waals surface area contributed by atoms with Crippen LogP contribution in [0.1, 0.15) is 23.2 Å².